The molecule has 1 heterocycles. The number of carbonyl (C=O) groups is 1. The molecule has 0 N–H and O–H groups in total. The van der Waals surface area contributed by atoms with Gasteiger partial charge in [0.2, 0.25) is 5.91 Å². The van der Waals surface area contributed by atoms with E-state index in [0.717, 1.165) is 17.1 Å². The molecule has 6 nitrogen and oxygen atoms in total. The summed E-state index contributed by atoms with van der Waals surface area (Å²) in [6, 6.07) is 13.0. The summed E-state index contributed by atoms with van der Waals surface area (Å²) in [6.45, 7) is 4.59. The monoisotopic (exact) mass is 326 g/mol. The summed E-state index contributed by atoms with van der Waals surface area (Å²) >= 11 is 0. The predicted molar refractivity (Wildman–Crippen MR) is 91.2 cm³/mol. The van der Waals surface area contributed by atoms with Crippen molar-refractivity contribution in [1.82, 2.24) is 10.1 Å². The number of anilines is 1. The lowest BCUT2D eigenvalue weighted by Crippen LogP contribution is -2.46. The number of rotatable bonds is 7. The third kappa shape index (κ3) is 4.43. The van der Waals surface area contributed by atoms with Crippen LogP contribution in [-0.2, 0) is 11.3 Å². The summed E-state index contributed by atoms with van der Waals surface area (Å²) in [6.07, 6.45) is 0.291. The maximum atomic E-state index is 12.9. The summed E-state index contributed by atoms with van der Waals surface area (Å²) in [4.78, 5) is 16.5. The standard InChI is InChI=1S/C18H22N4O2/c1-14-12-16(20-24-14)13-21(3)15(2)18(23)22(11-7-10-19)17-8-5-4-6-9-17/h4-6,8-9,12,15H,7,11,13H2,1-3H3. The van der Waals surface area contributed by atoms with E-state index < -0.39 is 0 Å². The summed E-state index contributed by atoms with van der Waals surface area (Å²) in [7, 11) is 1.88. The van der Waals surface area contributed by atoms with Crippen LogP contribution in [0.1, 0.15) is 24.8 Å². The van der Waals surface area contributed by atoms with E-state index in [4.69, 9.17) is 9.78 Å². The highest BCUT2D eigenvalue weighted by Crippen LogP contribution is 2.17. The van der Waals surface area contributed by atoms with Crippen molar-refractivity contribution in [2.45, 2.75) is 32.9 Å². The number of hydrogen-bond donors (Lipinski definition) is 0. The Balaban J connectivity index is 2.11. The molecule has 126 valence electrons. The Labute approximate surface area is 142 Å². The van der Waals surface area contributed by atoms with Crippen LogP contribution >= 0.6 is 0 Å². The van der Waals surface area contributed by atoms with Crippen LogP contribution < -0.4 is 4.90 Å². The normalized spacial score (nSPS) is 12.0. The van der Waals surface area contributed by atoms with Gasteiger partial charge >= 0.3 is 0 Å². The van der Waals surface area contributed by atoms with Crippen LogP contribution in [0.25, 0.3) is 0 Å². The van der Waals surface area contributed by atoms with Crippen LogP contribution in [0, 0.1) is 18.3 Å². The number of nitriles is 1. The Morgan fingerprint density at radius 2 is 2.08 bits per heavy atom. The van der Waals surface area contributed by atoms with Gasteiger partial charge in [-0.3, -0.25) is 9.69 Å². The molecule has 0 aliphatic heterocycles. The summed E-state index contributed by atoms with van der Waals surface area (Å²) in [5.41, 5.74) is 1.59. The van der Waals surface area contributed by atoms with Crippen molar-refractivity contribution >= 4 is 11.6 Å². The van der Waals surface area contributed by atoms with Gasteiger partial charge in [0.05, 0.1) is 24.2 Å². The Morgan fingerprint density at radius 1 is 1.38 bits per heavy atom. The highest BCUT2D eigenvalue weighted by Gasteiger charge is 2.25. The van der Waals surface area contributed by atoms with E-state index in [1.54, 1.807) is 4.90 Å². The number of nitrogens with zero attached hydrogens (tertiary/aromatic N) is 4. The number of carbonyl (C=O) groups excluding carboxylic acids is 1. The first kappa shape index (κ1) is 17.7. The minimum absolute atomic E-state index is 0.0424. The minimum Gasteiger partial charge on any atom is -0.361 e. The lowest BCUT2D eigenvalue weighted by molar-refractivity contribution is -0.123. The van der Waals surface area contributed by atoms with E-state index in [-0.39, 0.29) is 11.9 Å². The number of para-hydroxylation sites is 1. The Kier molecular flexibility index (Phi) is 6.10. The van der Waals surface area contributed by atoms with E-state index in [2.05, 4.69) is 11.2 Å². The van der Waals surface area contributed by atoms with E-state index in [1.165, 1.54) is 0 Å². The number of aryl methyl sites for hydroxylation is 1. The quantitative estimate of drug-likeness (QED) is 0.782. The topological polar surface area (TPSA) is 73.4 Å². The van der Waals surface area contributed by atoms with Crippen LogP contribution in [0.5, 0.6) is 0 Å². The molecule has 0 saturated heterocycles. The van der Waals surface area contributed by atoms with E-state index in [9.17, 15) is 4.79 Å². The first-order chi connectivity index (χ1) is 11.5. The van der Waals surface area contributed by atoms with Gasteiger partial charge in [0, 0.05) is 24.8 Å². The average molecular weight is 326 g/mol. The molecule has 1 amide bonds. The molecular formula is C18H22N4O2. The Hall–Kier alpha value is -2.65. The smallest absolute Gasteiger partial charge is 0.244 e. The molecular weight excluding hydrogens is 304 g/mol. The van der Waals surface area contributed by atoms with Crippen LogP contribution in [-0.4, -0.2) is 35.6 Å². The number of amides is 1. The molecule has 2 aromatic rings. The van der Waals surface area contributed by atoms with Gasteiger partial charge in [0.15, 0.2) is 0 Å². The second-order valence-electron chi connectivity index (χ2n) is 5.75. The molecule has 0 spiro atoms. The molecule has 0 radical (unpaired) electrons. The average Bonchev–Trinajstić information content (AvgIpc) is 3.00. The molecule has 0 saturated carbocycles. The zero-order valence-electron chi connectivity index (χ0n) is 14.3. The second-order valence-corrected chi connectivity index (χ2v) is 5.75. The molecule has 24 heavy (non-hydrogen) atoms. The SMILES string of the molecule is Cc1cc(CN(C)C(C)C(=O)N(CCC#N)c2ccccc2)no1. The van der Waals surface area contributed by atoms with Gasteiger partial charge in [-0.1, -0.05) is 23.4 Å². The number of hydrogen-bond acceptors (Lipinski definition) is 5. The van der Waals surface area contributed by atoms with Crippen LogP contribution in [0.3, 0.4) is 0 Å². The van der Waals surface area contributed by atoms with Crippen molar-refractivity contribution in [2.75, 3.05) is 18.5 Å². The molecule has 2 rings (SSSR count). The van der Waals surface area contributed by atoms with Crippen molar-refractivity contribution in [2.24, 2.45) is 0 Å². The van der Waals surface area contributed by atoms with Gasteiger partial charge < -0.3 is 9.42 Å². The highest BCUT2D eigenvalue weighted by molar-refractivity contribution is 5.96. The first-order valence-electron chi connectivity index (χ1n) is 7.88. The molecule has 1 aromatic carbocycles. The van der Waals surface area contributed by atoms with Gasteiger partial charge in [-0.2, -0.15) is 5.26 Å². The number of aromatic nitrogens is 1. The zero-order valence-corrected chi connectivity index (χ0v) is 14.3. The first-order valence-corrected chi connectivity index (χ1v) is 7.88. The fourth-order valence-electron chi connectivity index (χ4n) is 2.44. The Bertz CT molecular complexity index is 705. The van der Waals surface area contributed by atoms with Crippen molar-refractivity contribution < 1.29 is 9.32 Å². The van der Waals surface area contributed by atoms with E-state index in [1.807, 2.05) is 62.2 Å². The molecule has 0 aliphatic carbocycles. The molecule has 1 atom stereocenters. The minimum atomic E-state index is -0.346. The second kappa shape index (κ2) is 8.27. The van der Waals surface area contributed by atoms with Gasteiger partial charge in [-0.25, -0.2) is 0 Å². The van der Waals surface area contributed by atoms with Gasteiger partial charge in [-0.05, 0) is 33.0 Å². The van der Waals surface area contributed by atoms with Crippen molar-refractivity contribution in [1.29, 1.82) is 5.26 Å². The highest BCUT2D eigenvalue weighted by atomic mass is 16.5. The molecule has 1 aromatic heterocycles. The van der Waals surface area contributed by atoms with E-state index in [0.29, 0.717) is 19.5 Å². The van der Waals surface area contributed by atoms with Crippen molar-refractivity contribution in [3.8, 4) is 6.07 Å². The third-order valence-electron chi connectivity index (χ3n) is 3.89. The largest absolute Gasteiger partial charge is 0.361 e. The maximum absolute atomic E-state index is 12.9. The number of benzene rings is 1. The fraction of sp³-hybridized carbons (Fsp3) is 0.389. The van der Waals surface area contributed by atoms with Crippen molar-refractivity contribution in [3.63, 3.8) is 0 Å². The maximum Gasteiger partial charge on any atom is 0.244 e. The molecule has 0 bridgehead atoms. The van der Waals surface area contributed by atoms with Crippen LogP contribution in [0.15, 0.2) is 40.9 Å². The molecule has 6 heteroatoms. The van der Waals surface area contributed by atoms with E-state index >= 15 is 0 Å². The summed E-state index contributed by atoms with van der Waals surface area (Å²) in [5, 5.41) is 12.8. The lowest BCUT2D eigenvalue weighted by Gasteiger charge is -2.29. The third-order valence-corrected chi connectivity index (χ3v) is 3.89. The fourth-order valence-corrected chi connectivity index (χ4v) is 2.44. The van der Waals surface area contributed by atoms with Gasteiger partial charge in [0.1, 0.15) is 5.76 Å². The predicted octanol–water partition coefficient (Wildman–Crippen LogP) is 2.75. The van der Waals surface area contributed by atoms with Gasteiger partial charge in [-0.15, -0.1) is 0 Å². The molecule has 1 unspecified atom stereocenters. The Morgan fingerprint density at radius 3 is 2.67 bits per heavy atom. The lowest BCUT2D eigenvalue weighted by atomic mass is 10.2. The zero-order chi connectivity index (χ0) is 17.5. The summed E-state index contributed by atoms with van der Waals surface area (Å²) < 4.78 is 5.07. The van der Waals surface area contributed by atoms with Crippen molar-refractivity contribution in [3.05, 3.63) is 47.9 Å². The van der Waals surface area contributed by atoms with Gasteiger partial charge in [0.25, 0.3) is 0 Å². The van der Waals surface area contributed by atoms with Crippen LogP contribution in [0.2, 0.25) is 0 Å². The number of likely N-dealkylation sites (N-methyl/N-ethyl adjacent to an activating group) is 1. The summed E-state index contributed by atoms with van der Waals surface area (Å²) in [5.74, 6) is 0.705. The molecule has 0 fully saturated rings. The van der Waals surface area contributed by atoms with Crippen LogP contribution in [0.4, 0.5) is 5.69 Å². The molecule has 0 aliphatic rings.